The van der Waals surface area contributed by atoms with E-state index in [4.69, 9.17) is 16.0 Å². The van der Waals surface area contributed by atoms with Crippen LogP contribution < -0.4 is 0 Å². The number of hydrogen-bond donors (Lipinski definition) is 0. The van der Waals surface area contributed by atoms with Gasteiger partial charge in [-0.25, -0.2) is 0 Å². The fraction of sp³-hybridized carbons (Fsp3) is 0.333. The molecule has 2 aromatic carbocycles. The zero-order chi connectivity index (χ0) is 22.5. The van der Waals surface area contributed by atoms with Gasteiger partial charge >= 0.3 is 0 Å². The number of benzene rings is 2. The molecule has 0 spiro atoms. The Morgan fingerprint density at radius 3 is 2.42 bits per heavy atom. The molecule has 0 unspecified atom stereocenters. The number of piperidine rings is 1. The lowest BCUT2D eigenvalue weighted by atomic mass is 10.1. The number of likely N-dealkylation sites (tertiary alicyclic amines) is 1. The molecule has 7 nitrogen and oxygen atoms in total. The molecule has 0 bridgehead atoms. The second-order valence-corrected chi connectivity index (χ2v) is 9.48. The highest BCUT2D eigenvalue weighted by atomic mass is 35.5. The van der Waals surface area contributed by atoms with Crippen LogP contribution in [0.1, 0.15) is 36.5 Å². The van der Waals surface area contributed by atoms with Crippen LogP contribution in [0, 0.1) is 0 Å². The van der Waals surface area contributed by atoms with E-state index in [1.807, 2.05) is 30.3 Å². The lowest BCUT2D eigenvalue weighted by molar-refractivity contribution is 0.213. The fourth-order valence-electron chi connectivity index (χ4n) is 3.93. The molecular weight excluding hydrogens is 456 g/mol. The monoisotopic (exact) mass is 480 g/mol. The number of rotatable bonds is 8. The summed E-state index contributed by atoms with van der Waals surface area (Å²) < 4.78 is 8.08. The first-order valence-corrected chi connectivity index (χ1v) is 12.5. The van der Waals surface area contributed by atoms with Gasteiger partial charge in [0.05, 0.1) is 18.8 Å². The van der Waals surface area contributed by atoms with E-state index >= 15 is 0 Å². The van der Waals surface area contributed by atoms with E-state index in [2.05, 4.69) is 54.1 Å². The summed E-state index contributed by atoms with van der Waals surface area (Å²) in [6.45, 7) is 3.80. The number of thioether (sulfide) groups is 1. The third kappa shape index (κ3) is 5.63. The Balaban J connectivity index is 1.32. The normalized spacial score (nSPS) is 14.6. The average Bonchev–Trinajstić information content (AvgIpc) is 3.47. The van der Waals surface area contributed by atoms with Crippen molar-refractivity contribution in [3.8, 4) is 11.5 Å². The van der Waals surface area contributed by atoms with E-state index in [-0.39, 0.29) is 0 Å². The topological polar surface area (TPSA) is 72.9 Å². The van der Waals surface area contributed by atoms with Gasteiger partial charge in [-0.05, 0) is 55.8 Å². The molecule has 2 aromatic heterocycles. The van der Waals surface area contributed by atoms with Gasteiger partial charge in [0.15, 0.2) is 5.16 Å². The second-order valence-electron chi connectivity index (χ2n) is 8.10. The molecule has 0 radical (unpaired) electrons. The average molecular weight is 481 g/mol. The predicted molar refractivity (Wildman–Crippen MR) is 129 cm³/mol. The molecule has 3 heterocycles. The maximum atomic E-state index is 5.97. The molecule has 0 N–H and O–H groups in total. The van der Waals surface area contributed by atoms with Crippen molar-refractivity contribution in [2.75, 3.05) is 13.1 Å². The van der Waals surface area contributed by atoms with Gasteiger partial charge in [0.25, 0.3) is 0 Å². The standard InChI is InChI=1S/C24H25ClN6OS/c25-20-11-9-19(10-12-20)23-28-27-22(32-23)17-33-24-29-26-21(16-30-13-5-2-6-14-30)31(24)15-18-7-3-1-4-8-18/h1,3-4,7-12H,2,5-6,13-17H2. The first-order chi connectivity index (χ1) is 16.2. The van der Waals surface area contributed by atoms with Crippen LogP contribution >= 0.6 is 23.4 Å². The molecule has 5 rings (SSSR count). The van der Waals surface area contributed by atoms with Crippen molar-refractivity contribution in [2.45, 2.75) is 43.3 Å². The molecule has 9 heteroatoms. The highest BCUT2D eigenvalue weighted by Crippen LogP contribution is 2.26. The smallest absolute Gasteiger partial charge is 0.247 e. The molecule has 0 aliphatic carbocycles. The van der Waals surface area contributed by atoms with E-state index in [1.54, 1.807) is 11.8 Å². The van der Waals surface area contributed by atoms with Crippen LogP contribution in [-0.4, -0.2) is 43.0 Å². The van der Waals surface area contributed by atoms with E-state index in [9.17, 15) is 0 Å². The highest BCUT2D eigenvalue weighted by molar-refractivity contribution is 7.98. The summed E-state index contributed by atoms with van der Waals surface area (Å²) >= 11 is 7.54. The summed E-state index contributed by atoms with van der Waals surface area (Å²) in [5.74, 6) is 2.56. The molecular formula is C24H25ClN6OS. The number of halogens is 1. The van der Waals surface area contributed by atoms with Gasteiger partial charge < -0.3 is 8.98 Å². The van der Waals surface area contributed by atoms with Crippen LogP contribution in [0.15, 0.2) is 64.2 Å². The van der Waals surface area contributed by atoms with E-state index < -0.39 is 0 Å². The van der Waals surface area contributed by atoms with E-state index in [1.165, 1.54) is 24.8 Å². The first kappa shape index (κ1) is 22.1. The minimum absolute atomic E-state index is 0.485. The fourth-order valence-corrected chi connectivity index (χ4v) is 4.85. The maximum absolute atomic E-state index is 5.97. The Labute approximate surface area is 202 Å². The number of hydrogen-bond acceptors (Lipinski definition) is 7. The Kier molecular flexibility index (Phi) is 7.04. The van der Waals surface area contributed by atoms with Gasteiger partial charge in [-0.15, -0.1) is 20.4 Å². The zero-order valence-electron chi connectivity index (χ0n) is 18.2. The molecule has 0 atom stereocenters. The van der Waals surface area contributed by atoms with Crippen molar-refractivity contribution in [1.82, 2.24) is 29.9 Å². The Hall–Kier alpha value is -2.68. The molecule has 4 aromatic rings. The van der Waals surface area contributed by atoms with Gasteiger partial charge in [-0.2, -0.15) is 0 Å². The lowest BCUT2D eigenvalue weighted by Gasteiger charge is -2.26. The molecule has 1 aliphatic heterocycles. The van der Waals surface area contributed by atoms with Crippen LogP contribution in [0.4, 0.5) is 0 Å². The van der Waals surface area contributed by atoms with Crippen molar-refractivity contribution >= 4 is 23.4 Å². The van der Waals surface area contributed by atoms with Crippen LogP contribution in [0.3, 0.4) is 0 Å². The van der Waals surface area contributed by atoms with E-state index in [0.717, 1.165) is 42.7 Å². The minimum atomic E-state index is 0.485. The predicted octanol–water partition coefficient (Wildman–Crippen LogP) is 5.31. The van der Waals surface area contributed by atoms with Crippen LogP contribution in [0.25, 0.3) is 11.5 Å². The van der Waals surface area contributed by atoms with E-state index in [0.29, 0.717) is 22.6 Å². The largest absolute Gasteiger partial charge is 0.420 e. The van der Waals surface area contributed by atoms with Crippen molar-refractivity contribution in [1.29, 1.82) is 0 Å². The highest BCUT2D eigenvalue weighted by Gasteiger charge is 2.19. The Bertz CT molecular complexity index is 1170. The molecule has 0 amide bonds. The van der Waals surface area contributed by atoms with Gasteiger partial charge in [0, 0.05) is 10.6 Å². The quantitative estimate of drug-likeness (QED) is 0.316. The lowest BCUT2D eigenvalue weighted by Crippen LogP contribution is -2.30. The van der Waals surface area contributed by atoms with Crippen LogP contribution in [-0.2, 0) is 18.8 Å². The third-order valence-electron chi connectivity index (χ3n) is 5.67. The summed E-state index contributed by atoms with van der Waals surface area (Å²) in [6, 6.07) is 17.8. The summed E-state index contributed by atoms with van der Waals surface area (Å²) in [5, 5.41) is 19.0. The molecule has 170 valence electrons. The summed E-state index contributed by atoms with van der Waals surface area (Å²) in [5.41, 5.74) is 2.07. The van der Waals surface area contributed by atoms with Crippen molar-refractivity contribution in [2.24, 2.45) is 0 Å². The molecule has 0 saturated carbocycles. The van der Waals surface area contributed by atoms with Crippen molar-refractivity contribution < 1.29 is 4.42 Å². The Morgan fingerprint density at radius 2 is 1.64 bits per heavy atom. The molecule has 1 fully saturated rings. The first-order valence-electron chi connectivity index (χ1n) is 11.1. The summed E-state index contributed by atoms with van der Waals surface area (Å²) in [7, 11) is 0. The summed E-state index contributed by atoms with van der Waals surface area (Å²) in [4.78, 5) is 2.47. The van der Waals surface area contributed by atoms with Gasteiger partial charge in [0.1, 0.15) is 5.82 Å². The van der Waals surface area contributed by atoms with Gasteiger partial charge in [-0.1, -0.05) is 60.1 Å². The van der Waals surface area contributed by atoms with Gasteiger partial charge in [0.2, 0.25) is 11.8 Å². The number of nitrogens with zero attached hydrogens (tertiary/aromatic N) is 6. The molecule has 1 saturated heterocycles. The molecule has 1 aliphatic rings. The zero-order valence-corrected chi connectivity index (χ0v) is 19.8. The minimum Gasteiger partial charge on any atom is -0.420 e. The van der Waals surface area contributed by atoms with Crippen LogP contribution in [0.5, 0.6) is 0 Å². The molecule has 33 heavy (non-hydrogen) atoms. The maximum Gasteiger partial charge on any atom is 0.247 e. The van der Waals surface area contributed by atoms with Gasteiger partial charge in [-0.3, -0.25) is 4.90 Å². The third-order valence-corrected chi connectivity index (χ3v) is 6.88. The van der Waals surface area contributed by atoms with Crippen LogP contribution in [0.2, 0.25) is 5.02 Å². The summed E-state index contributed by atoms with van der Waals surface area (Å²) in [6.07, 6.45) is 3.82. The SMILES string of the molecule is Clc1ccc(-c2nnc(CSc3nnc(CN4CCCCC4)n3Cc3ccccc3)o2)cc1. The second kappa shape index (κ2) is 10.5. The van der Waals surface area contributed by atoms with Crippen molar-refractivity contribution in [3.63, 3.8) is 0 Å². The number of aromatic nitrogens is 5. The Morgan fingerprint density at radius 1 is 0.848 bits per heavy atom. The van der Waals surface area contributed by atoms with Crippen molar-refractivity contribution in [3.05, 3.63) is 76.9 Å².